The van der Waals surface area contributed by atoms with Crippen molar-refractivity contribution in [1.82, 2.24) is 40.2 Å². The van der Waals surface area contributed by atoms with Crippen molar-refractivity contribution in [3.63, 3.8) is 0 Å². The predicted molar refractivity (Wildman–Crippen MR) is 173 cm³/mol. The molecule has 230 valence electrons. The Morgan fingerprint density at radius 2 is 1.82 bits per heavy atom. The minimum Gasteiger partial charge on any atom is -0.338 e. The zero-order chi connectivity index (χ0) is 31.0. The first-order valence-electron chi connectivity index (χ1n) is 15.0. The summed E-state index contributed by atoms with van der Waals surface area (Å²) in [6, 6.07) is 14.3. The van der Waals surface area contributed by atoms with Crippen molar-refractivity contribution in [3.8, 4) is 33.8 Å². The monoisotopic (exact) mass is 624 g/mol. The zero-order valence-corrected chi connectivity index (χ0v) is 25.6. The van der Waals surface area contributed by atoms with Gasteiger partial charge in [-0.25, -0.2) is 27.5 Å². The molecule has 1 aromatic carbocycles. The van der Waals surface area contributed by atoms with Gasteiger partial charge in [0, 0.05) is 42.6 Å². The molecule has 45 heavy (non-hydrogen) atoms. The van der Waals surface area contributed by atoms with E-state index in [4.69, 9.17) is 4.98 Å². The summed E-state index contributed by atoms with van der Waals surface area (Å²) >= 11 is 0. The highest BCUT2D eigenvalue weighted by atomic mass is 32.2. The second-order valence-electron chi connectivity index (χ2n) is 11.8. The van der Waals surface area contributed by atoms with E-state index >= 15 is 0 Å². The van der Waals surface area contributed by atoms with Gasteiger partial charge in [0.05, 0.1) is 23.2 Å². The van der Waals surface area contributed by atoms with E-state index in [1.54, 1.807) is 12.3 Å². The smallest absolute Gasteiger partial charge is 0.209 e. The molecule has 1 aliphatic rings. The molecule has 1 saturated carbocycles. The van der Waals surface area contributed by atoms with E-state index in [-0.39, 0.29) is 6.54 Å². The standard InChI is InChI=1S/C33H33FN8O2S/c1-45(43,44)38-18-21-10-23(13-25(34)12-21)26-8-9-37-33-27(26)14-30(40-33)32-31-29(41-42-32)7-6-28(39-31)24-11-22(17-36-19-24)16-35-15-20-4-2-3-5-20/h6-14,17,19-20,35,38H,2-5,15-16,18H2,1H3,(H,37,40)(H,41,42). The van der Waals surface area contributed by atoms with Gasteiger partial charge in [-0.15, -0.1) is 0 Å². The molecule has 1 aliphatic carbocycles. The number of aromatic nitrogens is 6. The number of pyridine rings is 3. The summed E-state index contributed by atoms with van der Waals surface area (Å²) in [5.74, 6) is 0.313. The van der Waals surface area contributed by atoms with Crippen molar-refractivity contribution in [2.45, 2.75) is 38.8 Å². The largest absolute Gasteiger partial charge is 0.338 e. The number of benzene rings is 1. The molecular formula is C33H33FN8O2S. The molecule has 4 N–H and O–H groups in total. The van der Waals surface area contributed by atoms with Crippen LogP contribution in [0.15, 0.2) is 67.1 Å². The van der Waals surface area contributed by atoms with Crippen LogP contribution in [0.25, 0.3) is 55.8 Å². The topological polar surface area (TPSA) is 141 Å². The number of aromatic amines is 2. The molecule has 0 unspecified atom stereocenters. The van der Waals surface area contributed by atoms with Gasteiger partial charge >= 0.3 is 0 Å². The Kier molecular flexibility index (Phi) is 7.86. The van der Waals surface area contributed by atoms with Gasteiger partial charge in [-0.3, -0.25) is 10.1 Å². The number of nitrogens with one attached hydrogen (secondary N) is 4. The van der Waals surface area contributed by atoms with Gasteiger partial charge in [0.15, 0.2) is 0 Å². The van der Waals surface area contributed by atoms with Crippen molar-refractivity contribution in [2.24, 2.45) is 5.92 Å². The van der Waals surface area contributed by atoms with Crippen LogP contribution in [0.1, 0.15) is 36.8 Å². The minimum absolute atomic E-state index is 0.0150. The molecule has 7 rings (SSSR count). The lowest BCUT2D eigenvalue weighted by Crippen LogP contribution is -2.21. The fraction of sp³-hybridized carbons (Fsp3) is 0.273. The summed E-state index contributed by atoms with van der Waals surface area (Å²) in [4.78, 5) is 17.3. The number of nitrogens with zero attached hydrogens (tertiary/aromatic N) is 4. The van der Waals surface area contributed by atoms with Crippen LogP contribution in [0.3, 0.4) is 0 Å². The lowest BCUT2D eigenvalue weighted by atomic mass is 10.0. The van der Waals surface area contributed by atoms with Crippen LogP contribution >= 0.6 is 0 Å². The molecule has 5 aromatic heterocycles. The quantitative estimate of drug-likeness (QED) is 0.153. The zero-order valence-electron chi connectivity index (χ0n) is 24.8. The molecule has 10 nitrogen and oxygen atoms in total. The molecule has 0 bridgehead atoms. The van der Waals surface area contributed by atoms with Crippen LogP contribution in [-0.4, -0.2) is 51.4 Å². The average molecular weight is 625 g/mol. The van der Waals surface area contributed by atoms with Crippen LogP contribution in [0.4, 0.5) is 4.39 Å². The first-order chi connectivity index (χ1) is 21.8. The number of H-pyrrole nitrogens is 2. The van der Waals surface area contributed by atoms with Gasteiger partial charge in [-0.1, -0.05) is 12.8 Å². The fourth-order valence-corrected chi connectivity index (χ4v) is 6.56. The third-order valence-corrected chi connectivity index (χ3v) is 9.00. The number of hydrogen-bond acceptors (Lipinski definition) is 7. The Balaban J connectivity index is 1.19. The number of halogens is 1. The summed E-state index contributed by atoms with van der Waals surface area (Å²) in [6.45, 7) is 1.79. The molecule has 0 aliphatic heterocycles. The van der Waals surface area contributed by atoms with E-state index < -0.39 is 15.8 Å². The molecule has 0 spiro atoms. The summed E-state index contributed by atoms with van der Waals surface area (Å²) in [7, 11) is -3.43. The van der Waals surface area contributed by atoms with E-state index in [0.717, 1.165) is 58.6 Å². The molecule has 12 heteroatoms. The summed E-state index contributed by atoms with van der Waals surface area (Å²) in [5, 5.41) is 12.0. The maximum Gasteiger partial charge on any atom is 0.209 e. The van der Waals surface area contributed by atoms with E-state index in [1.165, 1.54) is 37.8 Å². The summed E-state index contributed by atoms with van der Waals surface area (Å²) < 4.78 is 40.2. The molecule has 0 radical (unpaired) electrons. The summed E-state index contributed by atoms with van der Waals surface area (Å²) in [6.07, 6.45) is 11.7. The molecule has 1 fully saturated rings. The predicted octanol–water partition coefficient (Wildman–Crippen LogP) is 5.70. The number of fused-ring (bicyclic) bond motifs is 2. The van der Waals surface area contributed by atoms with Gasteiger partial charge in [0.1, 0.15) is 22.7 Å². The van der Waals surface area contributed by atoms with Crippen LogP contribution in [0, 0.1) is 11.7 Å². The maximum atomic E-state index is 14.6. The first-order valence-corrected chi connectivity index (χ1v) is 16.9. The van der Waals surface area contributed by atoms with Gasteiger partial charge in [0.25, 0.3) is 0 Å². The van der Waals surface area contributed by atoms with Gasteiger partial charge in [-0.05, 0) is 96.1 Å². The lowest BCUT2D eigenvalue weighted by molar-refractivity contribution is 0.489. The Hall–Kier alpha value is -4.52. The first kappa shape index (κ1) is 29.2. The van der Waals surface area contributed by atoms with Gasteiger partial charge < -0.3 is 10.3 Å². The number of hydrogen-bond donors (Lipinski definition) is 4. The third-order valence-electron chi connectivity index (χ3n) is 8.33. The van der Waals surface area contributed by atoms with E-state index in [2.05, 4.69) is 41.3 Å². The Morgan fingerprint density at radius 1 is 0.978 bits per heavy atom. The van der Waals surface area contributed by atoms with Crippen molar-refractivity contribution in [3.05, 3.63) is 84.1 Å². The Morgan fingerprint density at radius 3 is 2.67 bits per heavy atom. The molecular weight excluding hydrogens is 591 g/mol. The normalized spacial score (nSPS) is 14.2. The van der Waals surface area contributed by atoms with E-state index in [1.807, 2.05) is 36.7 Å². The van der Waals surface area contributed by atoms with Gasteiger partial charge in [0.2, 0.25) is 10.0 Å². The maximum absolute atomic E-state index is 14.6. The highest BCUT2D eigenvalue weighted by Gasteiger charge is 2.18. The van der Waals surface area contributed by atoms with E-state index in [0.29, 0.717) is 33.7 Å². The number of rotatable bonds is 10. The van der Waals surface area contributed by atoms with Crippen molar-refractivity contribution in [1.29, 1.82) is 0 Å². The number of sulfonamides is 1. The van der Waals surface area contributed by atoms with Crippen LogP contribution in [-0.2, 0) is 23.1 Å². The van der Waals surface area contributed by atoms with Crippen LogP contribution in [0.5, 0.6) is 0 Å². The van der Waals surface area contributed by atoms with Crippen molar-refractivity contribution in [2.75, 3.05) is 12.8 Å². The molecule has 0 atom stereocenters. The van der Waals surface area contributed by atoms with Gasteiger partial charge in [-0.2, -0.15) is 5.10 Å². The minimum atomic E-state index is -3.43. The lowest BCUT2D eigenvalue weighted by Gasteiger charge is -2.11. The van der Waals surface area contributed by atoms with Crippen molar-refractivity contribution < 1.29 is 12.8 Å². The molecule has 6 aromatic rings. The summed E-state index contributed by atoms with van der Waals surface area (Å²) in [5.41, 5.74) is 8.14. The third kappa shape index (κ3) is 6.48. The highest BCUT2D eigenvalue weighted by Crippen LogP contribution is 2.34. The fourth-order valence-electron chi connectivity index (χ4n) is 6.14. The van der Waals surface area contributed by atoms with Crippen molar-refractivity contribution >= 4 is 32.1 Å². The molecule has 0 amide bonds. The Labute approximate surface area is 260 Å². The Bertz CT molecular complexity index is 2120. The average Bonchev–Trinajstić information content (AvgIpc) is 3.79. The highest BCUT2D eigenvalue weighted by molar-refractivity contribution is 7.88. The molecule has 0 saturated heterocycles. The molecule has 5 heterocycles. The second-order valence-corrected chi connectivity index (χ2v) is 13.6. The van der Waals surface area contributed by atoms with Crippen LogP contribution < -0.4 is 10.0 Å². The van der Waals surface area contributed by atoms with Crippen LogP contribution in [0.2, 0.25) is 0 Å². The SMILES string of the molecule is CS(=O)(=O)NCc1cc(F)cc(-c2ccnc3[nH]c(-c4n[nH]c5ccc(-c6cncc(CNCC7CCCC7)c6)nc45)cc23)c1. The second kappa shape index (κ2) is 12.1. The van der Waals surface area contributed by atoms with E-state index in [9.17, 15) is 12.8 Å².